The first-order valence-corrected chi connectivity index (χ1v) is 11.2. The molecular formula is C27H25F3NO4+. The fourth-order valence-corrected chi connectivity index (χ4v) is 3.98. The average molecular weight is 484 g/mol. The average Bonchev–Trinajstić information content (AvgIpc) is 2.81. The van der Waals surface area contributed by atoms with Gasteiger partial charge in [0.05, 0.1) is 17.5 Å². The number of hydrogen-bond donors (Lipinski definition) is 2. The normalized spacial score (nSPS) is 12.6. The van der Waals surface area contributed by atoms with Crippen molar-refractivity contribution in [3.8, 4) is 17.2 Å². The Morgan fingerprint density at radius 2 is 1.74 bits per heavy atom. The van der Waals surface area contributed by atoms with Gasteiger partial charge in [0.1, 0.15) is 24.6 Å². The molecule has 4 aromatic rings. The third-order valence-electron chi connectivity index (χ3n) is 5.79. The lowest BCUT2D eigenvalue weighted by molar-refractivity contribution is -0.925. The molecule has 182 valence electrons. The van der Waals surface area contributed by atoms with Gasteiger partial charge in [-0.1, -0.05) is 42.5 Å². The van der Waals surface area contributed by atoms with E-state index in [9.17, 15) is 23.1 Å². The fraction of sp³-hybridized carbons (Fsp3) is 0.222. The van der Waals surface area contributed by atoms with E-state index in [0.29, 0.717) is 13.1 Å². The predicted octanol–water partition coefficient (Wildman–Crippen LogP) is 5.22. The summed E-state index contributed by atoms with van der Waals surface area (Å²) < 4.78 is 52.8. The Morgan fingerprint density at radius 3 is 2.40 bits per heavy atom. The van der Waals surface area contributed by atoms with Crippen LogP contribution in [0.1, 0.15) is 29.4 Å². The largest absolute Gasteiger partial charge is 0.507 e. The summed E-state index contributed by atoms with van der Waals surface area (Å²) in [5, 5.41) is 10.5. The summed E-state index contributed by atoms with van der Waals surface area (Å²) in [6.07, 6.45) is -4.99. The Balaban J connectivity index is 1.83. The van der Waals surface area contributed by atoms with Crippen LogP contribution in [0.4, 0.5) is 13.2 Å². The number of halogens is 3. The quantitative estimate of drug-likeness (QED) is 0.378. The molecule has 0 amide bonds. The van der Waals surface area contributed by atoms with E-state index in [-0.39, 0.29) is 34.6 Å². The Morgan fingerprint density at radius 1 is 1.00 bits per heavy atom. The van der Waals surface area contributed by atoms with Crippen LogP contribution >= 0.6 is 0 Å². The lowest BCUT2D eigenvalue weighted by Gasteiger charge is -2.20. The lowest BCUT2D eigenvalue weighted by atomic mass is 10.1. The highest BCUT2D eigenvalue weighted by atomic mass is 19.4. The van der Waals surface area contributed by atoms with Crippen molar-refractivity contribution in [3.05, 3.63) is 99.4 Å². The number of ether oxygens (including phenoxy) is 1. The molecule has 4 rings (SSSR count). The number of aromatic hydroxyl groups is 1. The van der Waals surface area contributed by atoms with Crippen LogP contribution in [0.15, 0.2) is 75.9 Å². The number of alkyl halides is 3. The molecule has 2 N–H and O–H groups in total. The number of nitrogens with one attached hydrogen (secondary N) is 1. The summed E-state index contributed by atoms with van der Waals surface area (Å²) in [7, 11) is 0. The molecular weight excluding hydrogens is 459 g/mol. The van der Waals surface area contributed by atoms with Gasteiger partial charge in [0.25, 0.3) is 5.76 Å². The molecule has 1 aromatic heterocycles. The van der Waals surface area contributed by atoms with Crippen molar-refractivity contribution < 1.29 is 32.3 Å². The first-order valence-electron chi connectivity index (χ1n) is 11.2. The molecule has 8 heteroatoms. The van der Waals surface area contributed by atoms with Crippen molar-refractivity contribution in [2.45, 2.75) is 33.1 Å². The van der Waals surface area contributed by atoms with Gasteiger partial charge < -0.3 is 19.2 Å². The minimum Gasteiger partial charge on any atom is -0.507 e. The van der Waals surface area contributed by atoms with E-state index in [2.05, 4.69) is 0 Å². The van der Waals surface area contributed by atoms with E-state index in [1.807, 2.05) is 37.3 Å². The molecule has 0 aliphatic rings. The number of fused-ring (bicyclic) bond motifs is 1. The van der Waals surface area contributed by atoms with E-state index in [4.69, 9.17) is 9.15 Å². The van der Waals surface area contributed by atoms with Gasteiger partial charge in [0.2, 0.25) is 11.2 Å². The molecule has 0 radical (unpaired) electrons. The second-order valence-corrected chi connectivity index (χ2v) is 8.39. The number of aryl methyl sites for hydroxylation is 1. The summed E-state index contributed by atoms with van der Waals surface area (Å²) in [4.78, 5) is 14.2. The molecule has 35 heavy (non-hydrogen) atoms. The van der Waals surface area contributed by atoms with Crippen LogP contribution < -0.4 is 15.1 Å². The molecule has 0 spiro atoms. The summed E-state index contributed by atoms with van der Waals surface area (Å²) in [5.41, 5.74) is 0.685. The lowest BCUT2D eigenvalue weighted by Crippen LogP contribution is -3.09. The predicted molar refractivity (Wildman–Crippen MR) is 126 cm³/mol. The summed E-state index contributed by atoms with van der Waals surface area (Å²) >= 11 is 0. The zero-order chi connectivity index (χ0) is 25.2. The molecule has 1 heterocycles. The second-order valence-electron chi connectivity index (χ2n) is 8.39. The van der Waals surface area contributed by atoms with Crippen LogP contribution in [0.2, 0.25) is 0 Å². The second kappa shape index (κ2) is 9.84. The molecule has 5 nitrogen and oxygen atoms in total. The third-order valence-corrected chi connectivity index (χ3v) is 5.79. The van der Waals surface area contributed by atoms with Crippen molar-refractivity contribution in [3.63, 3.8) is 0 Å². The maximum atomic E-state index is 14.0. The number of quaternary nitrogens is 1. The Hall–Kier alpha value is -3.78. The zero-order valence-corrected chi connectivity index (χ0v) is 19.3. The monoisotopic (exact) mass is 484 g/mol. The number of phenols is 1. The SMILES string of the molecule is CC[NH+](Cc1ccccc1)Cc1c(O)ccc2c(=O)c(Oc3cccc(C)c3)c(C(F)(F)F)oc12. The molecule has 0 aliphatic carbocycles. The van der Waals surface area contributed by atoms with Crippen LogP contribution in [0.3, 0.4) is 0 Å². The molecule has 0 bridgehead atoms. The fourth-order valence-electron chi connectivity index (χ4n) is 3.98. The summed E-state index contributed by atoms with van der Waals surface area (Å²) in [6.45, 7) is 5.07. The Labute approximate surface area is 200 Å². The molecule has 1 atom stereocenters. The maximum absolute atomic E-state index is 14.0. The standard InChI is InChI=1S/C27H24F3NO4/c1-3-31(15-18-9-5-4-6-10-18)16-21-22(32)13-12-20-23(33)25(26(27(28,29)30)35-24(20)21)34-19-11-7-8-17(2)14-19/h4-14,32H,3,15-16H2,1-2H3/p+1. The van der Waals surface area contributed by atoms with Gasteiger partial charge in [-0.3, -0.25) is 4.79 Å². The van der Waals surface area contributed by atoms with Gasteiger partial charge in [0.15, 0.2) is 5.58 Å². The molecule has 0 saturated heterocycles. The van der Waals surface area contributed by atoms with Crippen molar-refractivity contribution in [2.24, 2.45) is 0 Å². The van der Waals surface area contributed by atoms with Gasteiger partial charge in [-0.25, -0.2) is 0 Å². The molecule has 0 saturated carbocycles. The van der Waals surface area contributed by atoms with Gasteiger partial charge in [-0.05, 0) is 43.7 Å². The van der Waals surface area contributed by atoms with Crippen molar-refractivity contribution in [2.75, 3.05) is 6.54 Å². The summed E-state index contributed by atoms with van der Waals surface area (Å²) in [6, 6.07) is 18.5. The van der Waals surface area contributed by atoms with Gasteiger partial charge in [0, 0.05) is 5.56 Å². The number of hydrogen-bond acceptors (Lipinski definition) is 4. The van der Waals surface area contributed by atoms with E-state index in [1.165, 1.54) is 24.3 Å². The highest BCUT2D eigenvalue weighted by Crippen LogP contribution is 2.39. The van der Waals surface area contributed by atoms with Crippen LogP contribution in [-0.2, 0) is 19.3 Å². The van der Waals surface area contributed by atoms with Gasteiger partial charge >= 0.3 is 6.18 Å². The highest BCUT2D eigenvalue weighted by Gasteiger charge is 2.41. The highest BCUT2D eigenvalue weighted by molar-refractivity contribution is 5.83. The molecule has 3 aromatic carbocycles. The van der Waals surface area contributed by atoms with Gasteiger partial charge in [-0.15, -0.1) is 0 Å². The Bertz CT molecular complexity index is 1400. The van der Waals surface area contributed by atoms with Crippen molar-refractivity contribution in [1.82, 2.24) is 0 Å². The molecule has 1 unspecified atom stereocenters. The smallest absolute Gasteiger partial charge is 0.453 e. The van der Waals surface area contributed by atoms with E-state index in [0.717, 1.165) is 16.0 Å². The van der Waals surface area contributed by atoms with E-state index >= 15 is 0 Å². The zero-order valence-electron chi connectivity index (χ0n) is 19.3. The van der Waals surface area contributed by atoms with Crippen LogP contribution in [0.25, 0.3) is 11.0 Å². The first-order chi connectivity index (χ1) is 16.7. The van der Waals surface area contributed by atoms with Crippen LogP contribution in [0.5, 0.6) is 17.2 Å². The van der Waals surface area contributed by atoms with Crippen LogP contribution in [0, 0.1) is 6.92 Å². The topological polar surface area (TPSA) is 64.1 Å². The summed E-state index contributed by atoms with van der Waals surface area (Å²) in [5.74, 6) is -2.62. The van der Waals surface area contributed by atoms with E-state index < -0.39 is 23.1 Å². The minimum atomic E-state index is -4.99. The van der Waals surface area contributed by atoms with Crippen molar-refractivity contribution in [1.29, 1.82) is 0 Å². The van der Waals surface area contributed by atoms with Gasteiger partial charge in [-0.2, -0.15) is 13.2 Å². The Kier molecular flexibility index (Phi) is 6.84. The number of phenolic OH excluding ortho intramolecular Hbond substituents is 1. The molecule has 0 aliphatic heterocycles. The minimum absolute atomic E-state index is 0.0885. The first kappa shape index (κ1) is 24.3. The number of rotatable bonds is 7. The number of benzene rings is 3. The van der Waals surface area contributed by atoms with E-state index in [1.54, 1.807) is 19.1 Å². The maximum Gasteiger partial charge on any atom is 0.453 e. The van der Waals surface area contributed by atoms with Crippen molar-refractivity contribution >= 4 is 11.0 Å². The molecule has 0 fully saturated rings. The third kappa shape index (κ3) is 5.33. The van der Waals surface area contributed by atoms with Crippen LogP contribution in [-0.4, -0.2) is 11.7 Å².